The normalized spacial score (nSPS) is 20.9. The van der Waals surface area contributed by atoms with Gasteiger partial charge >= 0.3 is 0 Å². The predicted molar refractivity (Wildman–Crippen MR) is 140 cm³/mol. The highest BCUT2D eigenvalue weighted by atomic mass is 31.1. The fourth-order valence-electron chi connectivity index (χ4n) is 5.13. The highest BCUT2D eigenvalue weighted by molar-refractivity contribution is 7.67. The Hall–Kier alpha value is -3.62. The minimum absolute atomic E-state index is 0.107. The molecule has 1 aliphatic carbocycles. The number of aromatic nitrogens is 2. The van der Waals surface area contributed by atoms with Gasteiger partial charge in [-0.3, -0.25) is 9.97 Å². The maximum atomic E-state index is 13.9. The van der Waals surface area contributed by atoms with Gasteiger partial charge in [-0.25, -0.2) is 4.39 Å². The lowest BCUT2D eigenvalue weighted by atomic mass is 9.93. The van der Waals surface area contributed by atoms with Crippen LogP contribution in [0.2, 0.25) is 0 Å². The molecule has 0 radical (unpaired) electrons. The van der Waals surface area contributed by atoms with Gasteiger partial charge in [-0.15, -0.1) is 0 Å². The van der Waals surface area contributed by atoms with Crippen LogP contribution in [-0.2, 0) is 0 Å². The van der Waals surface area contributed by atoms with Gasteiger partial charge in [0.1, 0.15) is 5.82 Å². The average Bonchev–Trinajstić information content (AvgIpc) is 2.90. The Bertz CT molecular complexity index is 1380. The van der Waals surface area contributed by atoms with Gasteiger partial charge in [0.15, 0.2) is 0 Å². The molecule has 0 saturated heterocycles. The Morgan fingerprint density at radius 2 is 1.56 bits per heavy atom. The van der Waals surface area contributed by atoms with E-state index < -0.39 is 7.92 Å². The standard InChI is InChI=1S/C29H23FN3P/c1-34-28-22(24-10-2-4-18-31-24)8-6-12-26(28)33(21-16-14-20(30)15-17-21)27-13-7-9-23(29(27)34)25-11-3-5-19-32-25/h2-19,26,28H,1H3. The van der Waals surface area contributed by atoms with Gasteiger partial charge in [0.25, 0.3) is 0 Å². The first-order valence-corrected chi connectivity index (χ1v) is 13.2. The molecule has 3 nitrogen and oxygen atoms in total. The van der Waals surface area contributed by atoms with Gasteiger partial charge in [-0.05, 0) is 66.8 Å². The zero-order chi connectivity index (χ0) is 23.1. The van der Waals surface area contributed by atoms with E-state index in [4.69, 9.17) is 4.98 Å². The van der Waals surface area contributed by atoms with Crippen LogP contribution in [0.3, 0.4) is 0 Å². The van der Waals surface area contributed by atoms with Gasteiger partial charge in [0.2, 0.25) is 0 Å². The molecule has 0 spiro atoms. The quantitative estimate of drug-likeness (QED) is 0.322. The van der Waals surface area contributed by atoms with Crippen LogP contribution < -0.4 is 10.2 Å². The third kappa shape index (κ3) is 3.46. The van der Waals surface area contributed by atoms with Crippen molar-refractivity contribution in [2.24, 2.45) is 0 Å². The third-order valence-corrected chi connectivity index (χ3v) is 9.17. The van der Waals surface area contributed by atoms with Gasteiger partial charge in [0.05, 0.1) is 23.1 Å². The summed E-state index contributed by atoms with van der Waals surface area (Å²) in [7, 11) is -0.611. The second-order valence-electron chi connectivity index (χ2n) is 8.50. The van der Waals surface area contributed by atoms with E-state index >= 15 is 0 Å². The lowest BCUT2D eigenvalue weighted by molar-refractivity contribution is 0.627. The largest absolute Gasteiger partial charge is 0.333 e. The molecule has 2 aromatic heterocycles. The minimum atomic E-state index is -0.611. The number of nitrogens with zero attached hydrogens (tertiary/aromatic N) is 3. The maximum Gasteiger partial charge on any atom is 0.123 e. The Labute approximate surface area is 200 Å². The fourth-order valence-corrected chi connectivity index (χ4v) is 7.85. The first-order chi connectivity index (χ1) is 16.7. The van der Waals surface area contributed by atoms with Crippen LogP contribution in [0.25, 0.3) is 16.8 Å². The number of hydrogen-bond donors (Lipinski definition) is 0. The predicted octanol–water partition coefficient (Wildman–Crippen LogP) is 6.56. The van der Waals surface area contributed by atoms with Crippen molar-refractivity contribution < 1.29 is 4.39 Å². The van der Waals surface area contributed by atoms with Crippen molar-refractivity contribution in [2.75, 3.05) is 11.6 Å². The molecule has 3 atom stereocenters. The lowest BCUT2D eigenvalue weighted by Crippen LogP contribution is -2.47. The highest BCUT2D eigenvalue weighted by Gasteiger charge is 2.43. The van der Waals surface area contributed by atoms with E-state index in [9.17, 15) is 4.39 Å². The van der Waals surface area contributed by atoms with Crippen LogP contribution in [0.4, 0.5) is 15.8 Å². The lowest BCUT2D eigenvalue weighted by Gasteiger charge is -2.48. The van der Waals surface area contributed by atoms with E-state index in [1.54, 1.807) is 0 Å². The first kappa shape index (κ1) is 20.9. The number of halogens is 1. The Morgan fingerprint density at radius 1 is 0.824 bits per heavy atom. The molecule has 166 valence electrons. The number of fused-ring (bicyclic) bond motifs is 2. The molecule has 0 amide bonds. The van der Waals surface area contributed by atoms with Crippen molar-refractivity contribution in [1.82, 2.24) is 9.97 Å². The van der Waals surface area contributed by atoms with Crippen molar-refractivity contribution in [3.05, 3.63) is 121 Å². The summed E-state index contributed by atoms with van der Waals surface area (Å²) in [4.78, 5) is 11.7. The first-order valence-electron chi connectivity index (χ1n) is 11.3. The van der Waals surface area contributed by atoms with Gasteiger partial charge in [-0.2, -0.15) is 0 Å². The third-order valence-electron chi connectivity index (χ3n) is 6.57. The topological polar surface area (TPSA) is 29.0 Å². The number of hydrogen-bond acceptors (Lipinski definition) is 3. The van der Waals surface area contributed by atoms with Crippen LogP contribution in [-0.4, -0.2) is 28.3 Å². The molecule has 2 aliphatic rings. The molecule has 5 heteroatoms. The summed E-state index contributed by atoms with van der Waals surface area (Å²) < 4.78 is 13.9. The number of allylic oxidation sites excluding steroid dienone is 2. The van der Waals surface area contributed by atoms with Gasteiger partial charge in [-0.1, -0.05) is 50.4 Å². The van der Waals surface area contributed by atoms with E-state index in [2.05, 4.69) is 65.1 Å². The van der Waals surface area contributed by atoms with Crippen molar-refractivity contribution in [1.29, 1.82) is 0 Å². The van der Waals surface area contributed by atoms with Crippen molar-refractivity contribution in [2.45, 2.75) is 11.7 Å². The molecule has 2 aromatic carbocycles. The summed E-state index contributed by atoms with van der Waals surface area (Å²) in [6, 6.07) is 25.5. The van der Waals surface area contributed by atoms with E-state index in [0.29, 0.717) is 0 Å². The Kier molecular flexibility index (Phi) is 5.31. The molecule has 3 heterocycles. The summed E-state index contributed by atoms with van der Waals surface area (Å²) >= 11 is 0. The number of pyridine rings is 2. The maximum absolute atomic E-state index is 13.9. The molecular weight excluding hydrogens is 440 g/mol. The Morgan fingerprint density at radius 3 is 2.26 bits per heavy atom. The molecule has 0 fully saturated rings. The van der Waals surface area contributed by atoms with Crippen molar-refractivity contribution in [3.63, 3.8) is 0 Å². The average molecular weight is 463 g/mol. The minimum Gasteiger partial charge on any atom is -0.333 e. The highest BCUT2D eigenvalue weighted by Crippen LogP contribution is 2.56. The molecule has 1 aliphatic heterocycles. The SMILES string of the molecule is CP1c2c(-c3ccccn3)cccc2N(c2ccc(F)cc2)C2C=CC=C(c3ccccn3)C21. The zero-order valence-corrected chi connectivity index (χ0v) is 19.6. The van der Waals surface area contributed by atoms with Crippen molar-refractivity contribution >= 4 is 30.2 Å². The smallest absolute Gasteiger partial charge is 0.123 e. The van der Waals surface area contributed by atoms with Crippen LogP contribution >= 0.6 is 7.92 Å². The van der Waals surface area contributed by atoms with Crippen molar-refractivity contribution in [3.8, 4) is 11.3 Å². The number of anilines is 2. The zero-order valence-electron chi connectivity index (χ0n) is 18.7. The summed E-state index contributed by atoms with van der Waals surface area (Å²) in [5.41, 5.74) is 6.76. The molecule has 0 N–H and O–H groups in total. The van der Waals surface area contributed by atoms with Crippen LogP contribution in [0.1, 0.15) is 5.69 Å². The molecule has 3 unspecified atom stereocenters. The van der Waals surface area contributed by atoms with Gasteiger partial charge in [0, 0.05) is 34.6 Å². The van der Waals surface area contributed by atoms with Crippen LogP contribution in [0.5, 0.6) is 0 Å². The van der Waals surface area contributed by atoms with E-state index in [1.165, 1.54) is 23.0 Å². The van der Waals surface area contributed by atoms with E-state index in [0.717, 1.165) is 28.3 Å². The summed E-state index contributed by atoms with van der Waals surface area (Å²) in [6.45, 7) is 2.37. The van der Waals surface area contributed by atoms with Crippen LogP contribution in [0.15, 0.2) is 109 Å². The van der Waals surface area contributed by atoms with E-state index in [1.807, 2.05) is 48.8 Å². The number of rotatable bonds is 3. The van der Waals surface area contributed by atoms with Crippen LogP contribution in [0, 0.1) is 5.82 Å². The summed E-state index contributed by atoms with van der Waals surface area (Å²) in [5.74, 6) is -0.231. The summed E-state index contributed by atoms with van der Waals surface area (Å²) in [5, 5.41) is 1.32. The molecule has 6 rings (SSSR count). The second kappa shape index (κ2) is 8.62. The van der Waals surface area contributed by atoms with E-state index in [-0.39, 0.29) is 17.5 Å². The fraction of sp³-hybridized carbons (Fsp3) is 0.103. The molecule has 0 saturated carbocycles. The number of benzene rings is 2. The summed E-state index contributed by atoms with van der Waals surface area (Å²) in [6.07, 6.45) is 10.3. The monoisotopic (exact) mass is 463 g/mol. The molecule has 34 heavy (non-hydrogen) atoms. The second-order valence-corrected chi connectivity index (χ2v) is 10.7. The van der Waals surface area contributed by atoms with Gasteiger partial charge < -0.3 is 4.90 Å². The molecule has 0 bridgehead atoms. The molecular formula is C29H23FN3P. The molecule has 4 aromatic rings. The Balaban J connectivity index is 1.60.